The van der Waals surface area contributed by atoms with Crippen molar-refractivity contribution in [2.75, 3.05) is 5.73 Å². The van der Waals surface area contributed by atoms with Crippen molar-refractivity contribution in [1.29, 1.82) is 5.26 Å². The molecule has 0 saturated carbocycles. The summed E-state index contributed by atoms with van der Waals surface area (Å²) in [6.07, 6.45) is 0. The lowest BCUT2D eigenvalue weighted by molar-refractivity contribution is 0.480. The van der Waals surface area contributed by atoms with E-state index in [0.717, 1.165) is 16.9 Å². The van der Waals surface area contributed by atoms with Crippen LogP contribution < -0.4 is 10.5 Å². The third-order valence-corrected chi connectivity index (χ3v) is 2.71. The number of nitrogen functional groups attached to an aromatic ring is 1. The second-order valence-electron chi connectivity index (χ2n) is 4.24. The van der Waals surface area contributed by atoms with Gasteiger partial charge in [-0.1, -0.05) is 12.1 Å². The van der Waals surface area contributed by atoms with E-state index in [1.54, 1.807) is 18.2 Å². The predicted octanol–water partition coefficient (Wildman–Crippen LogP) is 3.55. The molecule has 2 aromatic carbocycles. The number of anilines is 1. The Labute approximate surface area is 106 Å². The van der Waals surface area contributed by atoms with Gasteiger partial charge in [0.25, 0.3) is 0 Å². The van der Waals surface area contributed by atoms with Gasteiger partial charge in [0, 0.05) is 6.07 Å². The van der Waals surface area contributed by atoms with E-state index in [1.807, 2.05) is 32.0 Å². The van der Waals surface area contributed by atoms with E-state index in [9.17, 15) is 0 Å². The number of nitrogens with zero attached hydrogens (tertiary/aromatic N) is 1. The molecule has 3 nitrogen and oxygen atoms in total. The molecule has 2 aromatic rings. The van der Waals surface area contributed by atoms with Gasteiger partial charge in [-0.15, -0.1) is 0 Å². The second kappa shape index (κ2) is 4.80. The molecule has 18 heavy (non-hydrogen) atoms. The number of aryl methyl sites for hydroxylation is 2. The van der Waals surface area contributed by atoms with Crippen molar-refractivity contribution in [3.8, 4) is 17.6 Å². The predicted molar refractivity (Wildman–Crippen MR) is 71.6 cm³/mol. The highest BCUT2D eigenvalue weighted by molar-refractivity contribution is 5.57. The summed E-state index contributed by atoms with van der Waals surface area (Å²) in [4.78, 5) is 0. The lowest BCUT2D eigenvalue weighted by atomic mass is 10.1. The van der Waals surface area contributed by atoms with Crippen LogP contribution in [-0.2, 0) is 0 Å². The minimum Gasteiger partial charge on any atom is -0.455 e. The molecule has 2 N–H and O–H groups in total. The number of hydrogen-bond acceptors (Lipinski definition) is 3. The first kappa shape index (κ1) is 12.0. The molecule has 0 bridgehead atoms. The lowest BCUT2D eigenvalue weighted by Gasteiger charge is -2.11. The Bertz CT molecular complexity index is 627. The van der Waals surface area contributed by atoms with Crippen LogP contribution in [-0.4, -0.2) is 0 Å². The Balaban J connectivity index is 2.39. The fourth-order valence-electron chi connectivity index (χ4n) is 1.63. The van der Waals surface area contributed by atoms with Crippen molar-refractivity contribution < 1.29 is 4.74 Å². The lowest BCUT2D eigenvalue weighted by Crippen LogP contribution is -1.94. The van der Waals surface area contributed by atoms with Crippen molar-refractivity contribution in [3.63, 3.8) is 0 Å². The SMILES string of the molecule is Cc1ccc(C)c(Oc2cc(C#N)ccc2N)c1. The average Bonchev–Trinajstić information content (AvgIpc) is 2.36. The Kier molecular flexibility index (Phi) is 3.20. The van der Waals surface area contributed by atoms with Gasteiger partial charge >= 0.3 is 0 Å². The van der Waals surface area contributed by atoms with E-state index < -0.39 is 0 Å². The van der Waals surface area contributed by atoms with Gasteiger partial charge in [0.1, 0.15) is 5.75 Å². The highest BCUT2D eigenvalue weighted by Crippen LogP contribution is 2.30. The van der Waals surface area contributed by atoms with Gasteiger partial charge < -0.3 is 10.5 Å². The number of nitriles is 1. The Morgan fingerprint density at radius 2 is 1.83 bits per heavy atom. The van der Waals surface area contributed by atoms with Crippen molar-refractivity contribution in [2.45, 2.75) is 13.8 Å². The van der Waals surface area contributed by atoms with Crippen LogP contribution in [0, 0.1) is 25.2 Å². The van der Waals surface area contributed by atoms with Gasteiger partial charge in [-0.25, -0.2) is 0 Å². The van der Waals surface area contributed by atoms with Crippen LogP contribution in [0.25, 0.3) is 0 Å². The smallest absolute Gasteiger partial charge is 0.151 e. The van der Waals surface area contributed by atoms with Crippen LogP contribution in [0.5, 0.6) is 11.5 Å². The highest BCUT2D eigenvalue weighted by Gasteiger charge is 2.06. The first-order valence-electron chi connectivity index (χ1n) is 5.65. The highest BCUT2D eigenvalue weighted by atomic mass is 16.5. The molecular formula is C15H14N2O. The van der Waals surface area contributed by atoms with Crippen LogP contribution in [0.4, 0.5) is 5.69 Å². The van der Waals surface area contributed by atoms with E-state index in [0.29, 0.717) is 17.0 Å². The van der Waals surface area contributed by atoms with E-state index in [-0.39, 0.29) is 0 Å². The topological polar surface area (TPSA) is 59.0 Å². The summed E-state index contributed by atoms with van der Waals surface area (Å²) in [5.74, 6) is 1.28. The maximum absolute atomic E-state index is 8.87. The summed E-state index contributed by atoms with van der Waals surface area (Å²) in [6.45, 7) is 3.97. The van der Waals surface area contributed by atoms with Crippen LogP contribution in [0.1, 0.15) is 16.7 Å². The summed E-state index contributed by atoms with van der Waals surface area (Å²) in [5.41, 5.74) is 9.05. The first-order valence-corrected chi connectivity index (χ1v) is 5.65. The average molecular weight is 238 g/mol. The third kappa shape index (κ3) is 2.44. The molecule has 0 atom stereocenters. The van der Waals surface area contributed by atoms with Crippen molar-refractivity contribution in [2.24, 2.45) is 0 Å². The molecule has 0 fully saturated rings. The Morgan fingerprint density at radius 1 is 1.06 bits per heavy atom. The number of ether oxygens (including phenoxy) is 1. The maximum Gasteiger partial charge on any atom is 0.151 e. The van der Waals surface area contributed by atoms with Gasteiger partial charge in [-0.2, -0.15) is 5.26 Å². The summed E-state index contributed by atoms with van der Waals surface area (Å²) in [6, 6.07) is 13.0. The number of hydrogen-bond donors (Lipinski definition) is 1. The largest absolute Gasteiger partial charge is 0.455 e. The third-order valence-electron chi connectivity index (χ3n) is 2.71. The number of rotatable bonds is 2. The fraction of sp³-hybridized carbons (Fsp3) is 0.133. The molecule has 0 aliphatic rings. The Hall–Kier alpha value is -2.47. The molecule has 0 aliphatic carbocycles. The molecule has 0 heterocycles. The molecule has 2 rings (SSSR count). The maximum atomic E-state index is 8.87. The standard InChI is InChI=1S/C15H14N2O/c1-10-3-4-11(2)14(7-10)18-15-8-12(9-16)5-6-13(15)17/h3-8H,17H2,1-2H3. The molecular weight excluding hydrogens is 224 g/mol. The summed E-state index contributed by atoms with van der Waals surface area (Å²) in [7, 11) is 0. The molecule has 0 unspecified atom stereocenters. The number of benzene rings is 2. The first-order chi connectivity index (χ1) is 8.60. The second-order valence-corrected chi connectivity index (χ2v) is 4.24. The normalized spacial score (nSPS) is 9.83. The zero-order chi connectivity index (χ0) is 13.1. The van der Waals surface area contributed by atoms with Crippen molar-refractivity contribution in [3.05, 3.63) is 53.1 Å². The van der Waals surface area contributed by atoms with Crippen molar-refractivity contribution >= 4 is 5.69 Å². The van der Waals surface area contributed by atoms with Crippen LogP contribution in [0.15, 0.2) is 36.4 Å². The monoisotopic (exact) mass is 238 g/mol. The molecule has 0 amide bonds. The van der Waals surface area contributed by atoms with Gasteiger partial charge in [-0.05, 0) is 43.2 Å². The van der Waals surface area contributed by atoms with Gasteiger partial charge in [0.15, 0.2) is 5.75 Å². The molecule has 0 aromatic heterocycles. The zero-order valence-corrected chi connectivity index (χ0v) is 10.4. The van der Waals surface area contributed by atoms with E-state index in [4.69, 9.17) is 15.7 Å². The summed E-state index contributed by atoms with van der Waals surface area (Å²) < 4.78 is 5.79. The minimum absolute atomic E-state index is 0.516. The summed E-state index contributed by atoms with van der Waals surface area (Å²) in [5, 5.41) is 8.87. The van der Waals surface area contributed by atoms with E-state index in [1.165, 1.54) is 0 Å². The van der Waals surface area contributed by atoms with Crippen LogP contribution >= 0.6 is 0 Å². The van der Waals surface area contributed by atoms with Crippen LogP contribution in [0.2, 0.25) is 0 Å². The van der Waals surface area contributed by atoms with E-state index >= 15 is 0 Å². The molecule has 0 spiro atoms. The molecule has 0 aliphatic heterocycles. The van der Waals surface area contributed by atoms with Gasteiger partial charge in [0.2, 0.25) is 0 Å². The Morgan fingerprint density at radius 3 is 2.56 bits per heavy atom. The zero-order valence-electron chi connectivity index (χ0n) is 10.4. The van der Waals surface area contributed by atoms with Gasteiger partial charge in [-0.3, -0.25) is 0 Å². The van der Waals surface area contributed by atoms with Crippen LogP contribution in [0.3, 0.4) is 0 Å². The van der Waals surface area contributed by atoms with Gasteiger partial charge in [0.05, 0.1) is 17.3 Å². The fourth-order valence-corrected chi connectivity index (χ4v) is 1.63. The van der Waals surface area contributed by atoms with E-state index in [2.05, 4.69) is 6.07 Å². The minimum atomic E-state index is 0.516. The molecule has 0 saturated heterocycles. The quantitative estimate of drug-likeness (QED) is 0.814. The number of nitrogens with two attached hydrogens (primary N) is 1. The summed E-state index contributed by atoms with van der Waals surface area (Å²) >= 11 is 0. The molecule has 3 heteroatoms. The van der Waals surface area contributed by atoms with Crippen molar-refractivity contribution in [1.82, 2.24) is 0 Å². The molecule has 0 radical (unpaired) electrons. The molecule has 90 valence electrons.